The van der Waals surface area contributed by atoms with Crippen molar-refractivity contribution in [2.45, 2.75) is 39.3 Å². The van der Waals surface area contributed by atoms with Gasteiger partial charge in [0.15, 0.2) is 0 Å². The minimum Gasteiger partial charge on any atom is -0.127 e. The van der Waals surface area contributed by atoms with E-state index >= 15 is 0 Å². The highest BCUT2D eigenvalue weighted by atomic mass is 28.3. The quantitative estimate of drug-likeness (QED) is 0.491. The molecule has 0 saturated carbocycles. The molecule has 0 fully saturated rings. The van der Waals surface area contributed by atoms with E-state index in [0.717, 1.165) is 11.1 Å². The van der Waals surface area contributed by atoms with Crippen molar-refractivity contribution in [2.24, 2.45) is 0 Å². The topological polar surface area (TPSA) is 0 Å². The molecule has 0 spiro atoms. The molecule has 18 heavy (non-hydrogen) atoms. The van der Waals surface area contributed by atoms with E-state index in [2.05, 4.69) is 80.4 Å². The summed E-state index contributed by atoms with van der Waals surface area (Å²) in [6.45, 7) is 13.6. The van der Waals surface area contributed by atoms with Crippen molar-refractivity contribution < 1.29 is 0 Å². The van der Waals surface area contributed by atoms with Gasteiger partial charge in [-0.05, 0) is 18.2 Å². The molecule has 0 radical (unpaired) electrons. The summed E-state index contributed by atoms with van der Waals surface area (Å²) in [6.07, 6.45) is 0. The maximum absolute atomic E-state index is 3.39. The predicted octanol–water partition coefficient (Wildman–Crippen LogP) is 4.14. The summed E-state index contributed by atoms with van der Waals surface area (Å²) < 4.78 is 0. The smallest absolute Gasteiger partial charge is 0.127 e. The molecule has 1 aromatic carbocycles. The molecular weight excluding hydrogens is 248 g/mol. The molecule has 0 saturated heterocycles. The van der Waals surface area contributed by atoms with E-state index in [-0.39, 0.29) is 0 Å². The van der Waals surface area contributed by atoms with Gasteiger partial charge in [0.2, 0.25) is 0 Å². The molecule has 0 atom stereocenters. The van der Waals surface area contributed by atoms with Crippen molar-refractivity contribution in [1.29, 1.82) is 0 Å². The summed E-state index contributed by atoms with van der Waals surface area (Å²) in [5.74, 6) is 6.55. The van der Waals surface area contributed by atoms with Crippen LogP contribution in [0.1, 0.15) is 11.1 Å². The summed E-state index contributed by atoms with van der Waals surface area (Å²) >= 11 is 0. The number of benzene rings is 1. The maximum Gasteiger partial charge on any atom is 0.129 e. The third-order valence-electron chi connectivity index (χ3n) is 2.03. The highest BCUT2D eigenvalue weighted by Gasteiger charge is 2.08. The molecule has 0 heterocycles. The van der Waals surface area contributed by atoms with E-state index in [1.54, 1.807) is 0 Å². The molecule has 0 nitrogen and oxygen atoms in total. The minimum atomic E-state index is -1.30. The van der Waals surface area contributed by atoms with E-state index in [0.29, 0.717) is 0 Å². The Hall–Kier alpha value is -1.23. The van der Waals surface area contributed by atoms with Gasteiger partial charge >= 0.3 is 0 Å². The summed E-state index contributed by atoms with van der Waals surface area (Å²) in [5, 5.41) is 0. The van der Waals surface area contributed by atoms with Crippen molar-refractivity contribution in [3.63, 3.8) is 0 Å². The predicted molar refractivity (Wildman–Crippen MR) is 86.9 cm³/mol. The van der Waals surface area contributed by atoms with Gasteiger partial charge < -0.3 is 0 Å². The van der Waals surface area contributed by atoms with E-state index in [1.807, 2.05) is 6.07 Å². The second-order valence-corrected chi connectivity index (χ2v) is 16.1. The van der Waals surface area contributed by atoms with Crippen molar-refractivity contribution in [3.8, 4) is 22.9 Å². The van der Waals surface area contributed by atoms with E-state index in [1.165, 1.54) is 0 Å². The standard InChI is InChI=1S/C16H22Si2/c1-17(2,3)12-10-15-8-7-9-16(14-15)11-13-18(4,5)6/h7-9,14H,1-6H3. The molecule has 0 N–H and O–H groups in total. The van der Waals surface area contributed by atoms with Crippen molar-refractivity contribution in [3.05, 3.63) is 35.4 Å². The lowest BCUT2D eigenvalue weighted by atomic mass is 10.1. The Morgan fingerprint density at radius 1 is 0.722 bits per heavy atom. The fourth-order valence-electron chi connectivity index (χ4n) is 1.19. The lowest BCUT2D eigenvalue weighted by molar-refractivity contribution is 1.60. The van der Waals surface area contributed by atoms with Crippen LogP contribution in [0.4, 0.5) is 0 Å². The molecule has 0 amide bonds. The van der Waals surface area contributed by atoms with E-state index < -0.39 is 16.1 Å². The van der Waals surface area contributed by atoms with Crippen LogP contribution in [0.3, 0.4) is 0 Å². The highest BCUT2D eigenvalue weighted by Crippen LogP contribution is 2.05. The summed E-state index contributed by atoms with van der Waals surface area (Å²) in [4.78, 5) is 0. The lowest BCUT2D eigenvalue weighted by Crippen LogP contribution is -2.16. The zero-order valence-electron chi connectivity index (χ0n) is 12.3. The average molecular weight is 271 g/mol. The molecule has 0 bridgehead atoms. The summed E-state index contributed by atoms with van der Waals surface area (Å²) in [5.41, 5.74) is 8.94. The Morgan fingerprint density at radius 2 is 1.11 bits per heavy atom. The molecule has 0 aliphatic carbocycles. The molecule has 1 aromatic rings. The number of rotatable bonds is 0. The van der Waals surface area contributed by atoms with Gasteiger partial charge in [-0.25, -0.2) is 0 Å². The monoisotopic (exact) mass is 270 g/mol. The molecule has 0 aromatic heterocycles. The Kier molecular flexibility index (Phi) is 4.62. The van der Waals surface area contributed by atoms with Crippen LogP contribution in [0.25, 0.3) is 0 Å². The SMILES string of the molecule is C[Si](C)(C)C#Cc1cccc(C#C[Si](C)(C)C)c1. The fraction of sp³-hybridized carbons (Fsp3) is 0.375. The van der Waals surface area contributed by atoms with Crippen LogP contribution in [0.5, 0.6) is 0 Å². The van der Waals surface area contributed by atoms with Crippen molar-refractivity contribution in [1.82, 2.24) is 0 Å². The minimum absolute atomic E-state index is 1.08. The van der Waals surface area contributed by atoms with Crippen LogP contribution < -0.4 is 0 Å². The second kappa shape index (κ2) is 5.61. The highest BCUT2D eigenvalue weighted by molar-refractivity contribution is 6.84. The van der Waals surface area contributed by atoms with Gasteiger partial charge in [0, 0.05) is 11.1 Å². The van der Waals surface area contributed by atoms with Crippen LogP contribution in [-0.2, 0) is 0 Å². The lowest BCUT2D eigenvalue weighted by Gasteiger charge is -2.04. The summed E-state index contributed by atoms with van der Waals surface area (Å²) in [6, 6.07) is 8.27. The van der Waals surface area contributed by atoms with Gasteiger partial charge in [0.25, 0.3) is 0 Å². The van der Waals surface area contributed by atoms with Gasteiger partial charge in [-0.2, -0.15) is 0 Å². The third-order valence-corrected chi connectivity index (χ3v) is 3.78. The Morgan fingerprint density at radius 3 is 1.44 bits per heavy atom. The maximum atomic E-state index is 3.39. The first-order valence-electron chi connectivity index (χ1n) is 6.32. The zero-order chi connectivity index (χ0) is 13.8. The number of hydrogen-bond acceptors (Lipinski definition) is 0. The second-order valence-electron chi connectivity index (χ2n) is 6.58. The van der Waals surface area contributed by atoms with Gasteiger partial charge in [-0.3, -0.25) is 0 Å². The average Bonchev–Trinajstić information content (AvgIpc) is 2.22. The molecule has 2 heteroatoms. The van der Waals surface area contributed by atoms with Crippen LogP contribution in [0.2, 0.25) is 39.3 Å². The van der Waals surface area contributed by atoms with E-state index in [9.17, 15) is 0 Å². The molecule has 0 aliphatic rings. The Bertz CT molecular complexity index is 487. The zero-order valence-corrected chi connectivity index (χ0v) is 14.3. The van der Waals surface area contributed by atoms with Crippen LogP contribution in [-0.4, -0.2) is 16.1 Å². The first kappa shape index (κ1) is 14.8. The molecule has 0 aliphatic heterocycles. The van der Waals surface area contributed by atoms with Crippen LogP contribution >= 0.6 is 0 Å². The first-order chi connectivity index (χ1) is 8.16. The van der Waals surface area contributed by atoms with Gasteiger partial charge in [0.05, 0.1) is 0 Å². The van der Waals surface area contributed by atoms with Crippen LogP contribution in [0.15, 0.2) is 24.3 Å². The Labute approximate surface area is 114 Å². The van der Waals surface area contributed by atoms with Gasteiger partial charge in [-0.1, -0.05) is 57.2 Å². The number of hydrogen-bond donors (Lipinski definition) is 0. The molecule has 0 unspecified atom stereocenters. The largest absolute Gasteiger partial charge is 0.129 e. The third kappa shape index (κ3) is 6.49. The fourth-order valence-corrected chi connectivity index (χ4v) is 2.23. The van der Waals surface area contributed by atoms with E-state index in [4.69, 9.17) is 0 Å². The van der Waals surface area contributed by atoms with Crippen molar-refractivity contribution in [2.75, 3.05) is 0 Å². The van der Waals surface area contributed by atoms with Crippen LogP contribution in [0, 0.1) is 22.9 Å². The van der Waals surface area contributed by atoms with Gasteiger partial charge in [0.1, 0.15) is 16.1 Å². The molecule has 94 valence electrons. The Balaban J connectivity index is 2.99. The summed E-state index contributed by atoms with van der Waals surface area (Å²) in [7, 11) is -2.59. The van der Waals surface area contributed by atoms with Crippen molar-refractivity contribution >= 4 is 16.1 Å². The normalized spacial score (nSPS) is 11.0. The molecular formula is C16H22Si2. The van der Waals surface area contributed by atoms with Gasteiger partial charge in [-0.15, -0.1) is 11.1 Å². The first-order valence-corrected chi connectivity index (χ1v) is 13.3. The molecule has 1 rings (SSSR count).